The zero-order chi connectivity index (χ0) is 16.5. The van der Waals surface area contributed by atoms with Crippen LogP contribution in [0.5, 0.6) is 0 Å². The molecule has 2 atom stereocenters. The van der Waals surface area contributed by atoms with Gasteiger partial charge in [0.15, 0.2) is 0 Å². The first-order valence-corrected chi connectivity index (χ1v) is 8.55. The number of aromatic carboxylic acids is 1. The Bertz CT molecular complexity index is 781. The Morgan fingerprint density at radius 1 is 1.08 bits per heavy atom. The van der Waals surface area contributed by atoms with E-state index in [4.69, 9.17) is 0 Å². The molecule has 2 bridgehead atoms. The van der Waals surface area contributed by atoms with E-state index in [1.54, 1.807) is 12.1 Å². The minimum atomic E-state index is -0.859. The van der Waals surface area contributed by atoms with E-state index in [0.29, 0.717) is 17.6 Å². The van der Waals surface area contributed by atoms with Crippen molar-refractivity contribution in [3.63, 3.8) is 0 Å². The van der Waals surface area contributed by atoms with Crippen LogP contribution >= 0.6 is 0 Å². The zero-order valence-electron chi connectivity index (χ0n) is 13.6. The number of rotatable bonds is 4. The SMILES string of the molecule is O=C(O)c1cccc(C2=CC3CCC(C2)N3Cc2ccccc2)c1. The third kappa shape index (κ3) is 2.87. The highest BCUT2D eigenvalue weighted by Crippen LogP contribution is 2.39. The van der Waals surface area contributed by atoms with Crippen LogP contribution in [0.25, 0.3) is 5.57 Å². The standard InChI is InChI=1S/C21H21NO2/c23-21(24)17-8-4-7-16(11-17)18-12-19-9-10-20(13-18)22(19)14-15-5-2-1-3-6-15/h1-8,11-12,19-20H,9-10,13-14H2,(H,23,24). The molecule has 0 radical (unpaired) electrons. The lowest BCUT2D eigenvalue weighted by molar-refractivity contribution is 0.0697. The van der Waals surface area contributed by atoms with E-state index in [1.807, 2.05) is 12.1 Å². The lowest BCUT2D eigenvalue weighted by Gasteiger charge is -2.34. The van der Waals surface area contributed by atoms with Gasteiger partial charge in [0.2, 0.25) is 0 Å². The van der Waals surface area contributed by atoms with Crippen LogP contribution in [0.15, 0.2) is 60.7 Å². The number of carboxylic acids is 1. The van der Waals surface area contributed by atoms with Crippen molar-refractivity contribution in [2.24, 2.45) is 0 Å². The van der Waals surface area contributed by atoms with Crippen molar-refractivity contribution in [3.8, 4) is 0 Å². The van der Waals surface area contributed by atoms with E-state index in [2.05, 4.69) is 41.3 Å². The Hall–Kier alpha value is -2.39. The van der Waals surface area contributed by atoms with Crippen molar-refractivity contribution in [3.05, 3.63) is 77.4 Å². The molecule has 2 aliphatic rings. The maximum Gasteiger partial charge on any atom is 0.335 e. The fourth-order valence-electron chi connectivity index (χ4n) is 4.02. The molecule has 0 aromatic heterocycles. The van der Waals surface area contributed by atoms with E-state index >= 15 is 0 Å². The van der Waals surface area contributed by atoms with Gasteiger partial charge in [0.05, 0.1) is 5.56 Å². The molecule has 4 rings (SSSR count). The minimum Gasteiger partial charge on any atom is -0.478 e. The summed E-state index contributed by atoms with van der Waals surface area (Å²) in [4.78, 5) is 13.8. The maximum absolute atomic E-state index is 11.2. The Morgan fingerprint density at radius 2 is 1.92 bits per heavy atom. The van der Waals surface area contributed by atoms with Crippen molar-refractivity contribution >= 4 is 11.5 Å². The largest absolute Gasteiger partial charge is 0.478 e. The molecule has 24 heavy (non-hydrogen) atoms. The van der Waals surface area contributed by atoms with Gasteiger partial charge in [-0.15, -0.1) is 0 Å². The normalized spacial score (nSPS) is 23.1. The van der Waals surface area contributed by atoms with Gasteiger partial charge in [0.25, 0.3) is 0 Å². The quantitative estimate of drug-likeness (QED) is 0.918. The lowest BCUT2D eigenvalue weighted by Crippen LogP contribution is -2.37. The van der Waals surface area contributed by atoms with Crippen LogP contribution in [-0.4, -0.2) is 28.1 Å². The van der Waals surface area contributed by atoms with Crippen molar-refractivity contribution < 1.29 is 9.90 Å². The molecule has 0 amide bonds. The Labute approximate surface area is 142 Å². The Morgan fingerprint density at radius 3 is 2.67 bits per heavy atom. The minimum absolute atomic E-state index is 0.368. The first kappa shape index (κ1) is 15.2. The van der Waals surface area contributed by atoms with E-state index in [9.17, 15) is 9.90 Å². The average Bonchev–Trinajstić information content (AvgIpc) is 2.84. The summed E-state index contributed by atoms with van der Waals surface area (Å²) in [5.74, 6) is -0.859. The number of nitrogens with zero attached hydrogens (tertiary/aromatic N) is 1. The topological polar surface area (TPSA) is 40.5 Å². The fraction of sp³-hybridized carbons (Fsp3) is 0.286. The molecular formula is C21H21NO2. The number of hydrogen-bond acceptors (Lipinski definition) is 2. The highest BCUT2D eigenvalue weighted by atomic mass is 16.4. The molecule has 0 aliphatic carbocycles. The van der Waals surface area contributed by atoms with E-state index in [0.717, 1.165) is 18.5 Å². The summed E-state index contributed by atoms with van der Waals surface area (Å²) in [6.45, 7) is 0.995. The van der Waals surface area contributed by atoms with Crippen LogP contribution in [0.1, 0.15) is 40.7 Å². The molecule has 2 aromatic rings. The van der Waals surface area contributed by atoms with Crippen molar-refractivity contribution in [1.82, 2.24) is 4.90 Å². The monoisotopic (exact) mass is 319 g/mol. The summed E-state index contributed by atoms with van der Waals surface area (Å²) in [5.41, 5.74) is 4.09. The van der Waals surface area contributed by atoms with Gasteiger partial charge in [-0.2, -0.15) is 0 Å². The molecule has 0 saturated carbocycles. The summed E-state index contributed by atoms with van der Waals surface area (Å²) < 4.78 is 0. The first-order valence-electron chi connectivity index (χ1n) is 8.55. The Balaban J connectivity index is 1.58. The molecule has 2 heterocycles. The van der Waals surface area contributed by atoms with Crippen LogP contribution in [0.3, 0.4) is 0 Å². The molecule has 3 nitrogen and oxygen atoms in total. The van der Waals surface area contributed by atoms with Gasteiger partial charge in [-0.3, -0.25) is 4.90 Å². The molecule has 1 saturated heterocycles. The predicted molar refractivity (Wildman–Crippen MR) is 94.8 cm³/mol. The van der Waals surface area contributed by atoms with Gasteiger partial charge in [0, 0.05) is 18.6 Å². The van der Waals surface area contributed by atoms with Crippen molar-refractivity contribution in [2.75, 3.05) is 0 Å². The van der Waals surface area contributed by atoms with Gasteiger partial charge >= 0.3 is 5.97 Å². The number of benzene rings is 2. The van der Waals surface area contributed by atoms with Crippen LogP contribution in [-0.2, 0) is 6.54 Å². The third-order valence-corrected chi connectivity index (χ3v) is 5.23. The molecule has 2 aliphatic heterocycles. The van der Waals surface area contributed by atoms with E-state index in [-0.39, 0.29) is 0 Å². The second kappa shape index (κ2) is 6.25. The molecule has 0 spiro atoms. The zero-order valence-corrected chi connectivity index (χ0v) is 13.6. The Kier molecular flexibility index (Phi) is 3.95. The molecular weight excluding hydrogens is 298 g/mol. The number of carbonyl (C=O) groups is 1. The smallest absolute Gasteiger partial charge is 0.335 e. The van der Waals surface area contributed by atoms with Crippen molar-refractivity contribution in [2.45, 2.75) is 37.9 Å². The molecule has 1 N–H and O–H groups in total. The number of hydrogen-bond donors (Lipinski definition) is 1. The second-order valence-electron chi connectivity index (χ2n) is 6.74. The van der Waals surface area contributed by atoms with Gasteiger partial charge in [-0.1, -0.05) is 48.5 Å². The lowest BCUT2D eigenvalue weighted by atomic mass is 9.93. The van der Waals surface area contributed by atoms with E-state index < -0.39 is 5.97 Å². The molecule has 1 fully saturated rings. The number of carboxylic acid groups (broad SMARTS) is 1. The summed E-state index contributed by atoms with van der Waals surface area (Å²) >= 11 is 0. The summed E-state index contributed by atoms with van der Waals surface area (Å²) in [5, 5.41) is 9.20. The van der Waals surface area contributed by atoms with Crippen LogP contribution in [0.2, 0.25) is 0 Å². The summed E-state index contributed by atoms with van der Waals surface area (Å²) in [7, 11) is 0. The average molecular weight is 319 g/mol. The number of fused-ring (bicyclic) bond motifs is 2. The third-order valence-electron chi connectivity index (χ3n) is 5.23. The molecule has 122 valence electrons. The molecule has 3 heteroatoms. The van der Waals surface area contributed by atoms with Crippen LogP contribution in [0, 0.1) is 0 Å². The van der Waals surface area contributed by atoms with E-state index in [1.165, 1.54) is 24.0 Å². The van der Waals surface area contributed by atoms with Gasteiger partial charge in [0.1, 0.15) is 0 Å². The van der Waals surface area contributed by atoms with Gasteiger partial charge < -0.3 is 5.11 Å². The fourth-order valence-corrected chi connectivity index (χ4v) is 4.02. The second-order valence-corrected chi connectivity index (χ2v) is 6.74. The highest BCUT2D eigenvalue weighted by Gasteiger charge is 2.36. The molecule has 2 aromatic carbocycles. The predicted octanol–water partition coefficient (Wildman–Crippen LogP) is 4.21. The summed E-state index contributed by atoms with van der Waals surface area (Å²) in [6.07, 6.45) is 5.77. The van der Waals surface area contributed by atoms with Gasteiger partial charge in [-0.25, -0.2) is 4.79 Å². The van der Waals surface area contributed by atoms with Crippen LogP contribution in [0.4, 0.5) is 0 Å². The molecule has 2 unspecified atom stereocenters. The maximum atomic E-state index is 11.2. The first-order chi connectivity index (χ1) is 11.7. The van der Waals surface area contributed by atoms with Gasteiger partial charge in [-0.05, 0) is 48.1 Å². The van der Waals surface area contributed by atoms with Crippen LogP contribution < -0.4 is 0 Å². The highest BCUT2D eigenvalue weighted by molar-refractivity contribution is 5.89. The van der Waals surface area contributed by atoms with Crippen molar-refractivity contribution in [1.29, 1.82) is 0 Å². The summed E-state index contributed by atoms with van der Waals surface area (Å²) in [6, 6.07) is 19.0.